The number of aromatic nitrogens is 2. The minimum Gasteiger partial charge on any atom is -0.356 e. The molecule has 0 spiro atoms. The van der Waals surface area contributed by atoms with Crippen LogP contribution in [-0.4, -0.2) is 21.6 Å². The molecule has 1 aliphatic heterocycles. The van der Waals surface area contributed by atoms with Crippen LogP contribution in [0.25, 0.3) is 28.1 Å². The molecular formula is C31H27Cl2FN2O2. The van der Waals surface area contributed by atoms with E-state index >= 15 is 0 Å². The van der Waals surface area contributed by atoms with Gasteiger partial charge in [-0.2, -0.15) is 5.10 Å². The molecule has 0 radical (unpaired) electrons. The van der Waals surface area contributed by atoms with Crippen LogP contribution in [0.5, 0.6) is 0 Å². The van der Waals surface area contributed by atoms with Gasteiger partial charge in [-0.05, 0) is 101 Å². The number of allylic oxidation sites excluding steroid dienone is 2. The first-order valence-corrected chi connectivity index (χ1v) is 13.5. The standard InChI is InChI=1S/C31H27Cl2FN2O2/c1-2-25(26-13-12-24(34)18-27(26)32)31(21-9-6-20(7-10-21)8-15-29(33)37)22-11-14-28-23(17-22)19-35-36(28)30-5-3-4-16-38-30/h6-15,17-19,30H,2-5,16H2,1H3/b15-8+,31-25+. The monoisotopic (exact) mass is 548 g/mol. The summed E-state index contributed by atoms with van der Waals surface area (Å²) in [6, 6.07) is 18.7. The Hall–Kier alpha value is -3.25. The number of rotatable bonds is 7. The summed E-state index contributed by atoms with van der Waals surface area (Å²) in [4.78, 5) is 11.1. The molecule has 0 bridgehead atoms. The molecule has 5 rings (SSSR count). The van der Waals surface area contributed by atoms with E-state index in [1.165, 1.54) is 18.2 Å². The van der Waals surface area contributed by atoms with Crippen molar-refractivity contribution in [2.75, 3.05) is 6.61 Å². The molecule has 4 aromatic rings. The molecule has 194 valence electrons. The number of hydrogen-bond acceptors (Lipinski definition) is 3. The van der Waals surface area contributed by atoms with E-state index in [9.17, 15) is 9.18 Å². The molecule has 0 N–H and O–H groups in total. The number of carbonyl (C=O) groups excluding carboxylic acids is 1. The molecule has 1 saturated heterocycles. The molecule has 4 nitrogen and oxygen atoms in total. The summed E-state index contributed by atoms with van der Waals surface area (Å²) in [6.07, 6.45) is 8.65. The van der Waals surface area contributed by atoms with E-state index in [0.29, 0.717) is 11.4 Å². The molecule has 0 amide bonds. The zero-order chi connectivity index (χ0) is 26.6. The van der Waals surface area contributed by atoms with Crippen molar-refractivity contribution >= 4 is 56.6 Å². The van der Waals surface area contributed by atoms with Gasteiger partial charge < -0.3 is 4.74 Å². The molecule has 3 aromatic carbocycles. The second-order valence-corrected chi connectivity index (χ2v) is 10.1. The molecule has 1 aromatic heterocycles. The average molecular weight is 549 g/mol. The van der Waals surface area contributed by atoms with E-state index in [4.69, 9.17) is 27.9 Å². The van der Waals surface area contributed by atoms with Crippen LogP contribution in [0.2, 0.25) is 5.02 Å². The summed E-state index contributed by atoms with van der Waals surface area (Å²) in [5.74, 6) is -0.375. The van der Waals surface area contributed by atoms with Crippen molar-refractivity contribution in [2.24, 2.45) is 0 Å². The van der Waals surface area contributed by atoms with Crippen LogP contribution >= 0.6 is 23.2 Å². The van der Waals surface area contributed by atoms with Crippen LogP contribution < -0.4 is 0 Å². The highest BCUT2D eigenvalue weighted by molar-refractivity contribution is 6.66. The van der Waals surface area contributed by atoms with Gasteiger partial charge in [0, 0.05) is 12.0 Å². The Morgan fingerprint density at radius 1 is 1.11 bits per heavy atom. The van der Waals surface area contributed by atoms with Crippen LogP contribution in [-0.2, 0) is 9.53 Å². The average Bonchev–Trinajstić information content (AvgIpc) is 3.35. The summed E-state index contributed by atoms with van der Waals surface area (Å²) >= 11 is 12.0. The van der Waals surface area contributed by atoms with Crippen molar-refractivity contribution in [3.05, 3.63) is 106 Å². The molecule has 7 heteroatoms. The van der Waals surface area contributed by atoms with E-state index < -0.39 is 5.24 Å². The van der Waals surface area contributed by atoms with Gasteiger partial charge in [0.1, 0.15) is 5.82 Å². The Morgan fingerprint density at radius 3 is 2.58 bits per heavy atom. The predicted octanol–water partition coefficient (Wildman–Crippen LogP) is 8.68. The lowest BCUT2D eigenvalue weighted by molar-refractivity contribution is -0.107. The summed E-state index contributed by atoms with van der Waals surface area (Å²) < 4.78 is 21.8. The number of benzene rings is 3. The third-order valence-electron chi connectivity index (χ3n) is 6.83. The van der Waals surface area contributed by atoms with Crippen LogP contribution in [0.1, 0.15) is 61.1 Å². The van der Waals surface area contributed by atoms with Crippen LogP contribution in [0, 0.1) is 5.82 Å². The van der Waals surface area contributed by atoms with Gasteiger partial charge in [0.2, 0.25) is 5.24 Å². The highest BCUT2D eigenvalue weighted by Gasteiger charge is 2.20. The Kier molecular flexibility index (Phi) is 8.08. The Labute approximate surface area is 231 Å². The van der Waals surface area contributed by atoms with Gasteiger partial charge in [-0.15, -0.1) is 0 Å². The fourth-order valence-corrected chi connectivity index (χ4v) is 5.37. The van der Waals surface area contributed by atoms with Crippen molar-refractivity contribution in [3.8, 4) is 0 Å². The maximum atomic E-state index is 13.9. The van der Waals surface area contributed by atoms with Crippen molar-refractivity contribution in [1.82, 2.24) is 9.78 Å². The predicted molar refractivity (Wildman–Crippen MR) is 153 cm³/mol. The molecule has 1 atom stereocenters. The summed E-state index contributed by atoms with van der Waals surface area (Å²) in [6.45, 7) is 2.81. The van der Waals surface area contributed by atoms with Gasteiger partial charge in [0.05, 0.1) is 16.7 Å². The molecule has 1 unspecified atom stereocenters. The van der Waals surface area contributed by atoms with Crippen molar-refractivity contribution in [3.63, 3.8) is 0 Å². The SMILES string of the molecule is CC/C(=C(/c1ccc(/C=C/C(=O)Cl)cc1)c1ccc2c(cnn2C2CCCCO2)c1)c1ccc(F)cc1Cl. The Balaban J connectivity index is 1.65. The zero-order valence-corrected chi connectivity index (χ0v) is 22.5. The smallest absolute Gasteiger partial charge is 0.245 e. The van der Waals surface area contributed by atoms with E-state index in [1.807, 2.05) is 35.1 Å². The van der Waals surface area contributed by atoms with E-state index in [0.717, 1.165) is 70.2 Å². The minimum absolute atomic E-state index is 0.0493. The number of fused-ring (bicyclic) bond motifs is 1. The Morgan fingerprint density at radius 2 is 1.89 bits per heavy atom. The quantitative estimate of drug-likeness (QED) is 0.132. The van der Waals surface area contributed by atoms with Gasteiger partial charge in [0.15, 0.2) is 6.23 Å². The molecule has 1 aliphatic rings. The summed E-state index contributed by atoms with van der Waals surface area (Å²) in [7, 11) is 0. The normalized spacial score (nSPS) is 16.7. The van der Waals surface area contributed by atoms with Gasteiger partial charge in [-0.1, -0.05) is 61.0 Å². The molecular weight excluding hydrogens is 522 g/mol. The highest BCUT2D eigenvalue weighted by atomic mass is 35.5. The first-order chi connectivity index (χ1) is 18.4. The molecule has 38 heavy (non-hydrogen) atoms. The van der Waals surface area contributed by atoms with Crippen molar-refractivity contribution in [1.29, 1.82) is 0 Å². The zero-order valence-electron chi connectivity index (χ0n) is 21.0. The lowest BCUT2D eigenvalue weighted by Gasteiger charge is -2.23. The fourth-order valence-electron chi connectivity index (χ4n) is 5.03. The second-order valence-electron chi connectivity index (χ2n) is 9.27. The van der Waals surface area contributed by atoms with Gasteiger partial charge in [0.25, 0.3) is 0 Å². The third-order valence-corrected chi connectivity index (χ3v) is 7.27. The van der Waals surface area contributed by atoms with Gasteiger partial charge in [-0.25, -0.2) is 9.07 Å². The third kappa shape index (κ3) is 5.60. The van der Waals surface area contributed by atoms with E-state index in [2.05, 4.69) is 30.2 Å². The lowest BCUT2D eigenvalue weighted by Crippen LogP contribution is -2.18. The number of ether oxygens (including phenoxy) is 1. The first kappa shape index (κ1) is 26.4. The molecule has 0 aliphatic carbocycles. The van der Waals surface area contributed by atoms with E-state index in [1.54, 1.807) is 12.1 Å². The molecule has 0 saturated carbocycles. The number of carbonyl (C=O) groups is 1. The topological polar surface area (TPSA) is 44.1 Å². The number of halogens is 3. The fraction of sp³-hybridized carbons (Fsp3) is 0.226. The van der Waals surface area contributed by atoms with Gasteiger partial charge >= 0.3 is 0 Å². The summed E-state index contributed by atoms with van der Waals surface area (Å²) in [5, 5.41) is 5.50. The van der Waals surface area contributed by atoms with E-state index in [-0.39, 0.29) is 12.0 Å². The van der Waals surface area contributed by atoms with Crippen LogP contribution in [0.3, 0.4) is 0 Å². The van der Waals surface area contributed by atoms with Crippen molar-refractivity contribution in [2.45, 2.75) is 38.8 Å². The second kappa shape index (κ2) is 11.6. The maximum absolute atomic E-state index is 13.9. The number of hydrogen-bond donors (Lipinski definition) is 0. The lowest BCUT2D eigenvalue weighted by atomic mass is 9.87. The molecule has 2 heterocycles. The van der Waals surface area contributed by atoms with Crippen LogP contribution in [0.15, 0.2) is 72.9 Å². The maximum Gasteiger partial charge on any atom is 0.245 e. The summed E-state index contributed by atoms with van der Waals surface area (Å²) in [5.41, 5.74) is 6.61. The molecule has 1 fully saturated rings. The minimum atomic E-state index is -0.527. The highest BCUT2D eigenvalue weighted by Crippen LogP contribution is 2.39. The van der Waals surface area contributed by atoms with Crippen LogP contribution in [0.4, 0.5) is 4.39 Å². The van der Waals surface area contributed by atoms with Gasteiger partial charge in [-0.3, -0.25) is 4.79 Å². The Bertz CT molecular complexity index is 1530. The number of nitrogens with zero attached hydrogens (tertiary/aromatic N) is 2. The first-order valence-electron chi connectivity index (χ1n) is 12.7. The van der Waals surface area contributed by atoms with Crippen molar-refractivity contribution < 1.29 is 13.9 Å². The largest absolute Gasteiger partial charge is 0.356 e.